The molecule has 1 fully saturated rings. The average Bonchev–Trinajstić information content (AvgIpc) is 3.63. The molecule has 0 bridgehead atoms. The Morgan fingerprint density at radius 2 is 1.97 bits per heavy atom. The lowest BCUT2D eigenvalue weighted by molar-refractivity contribution is 0.0951. The number of fused-ring (bicyclic) bond motifs is 3. The van der Waals surface area contributed by atoms with E-state index in [-0.39, 0.29) is 17.5 Å². The molecule has 0 saturated heterocycles. The lowest BCUT2D eigenvalue weighted by atomic mass is 9.99. The number of carbonyl (C=O) groups excluding carboxylic acids is 1. The van der Waals surface area contributed by atoms with Crippen molar-refractivity contribution < 1.29 is 9.53 Å². The van der Waals surface area contributed by atoms with E-state index in [1.807, 2.05) is 67.7 Å². The molecule has 2 N–H and O–H groups in total. The standard InChI is InChI=1S/C29H26N4O3/c1-17-12-23-25-24(19-4-3-5-20(13-19)28(34)31-21-8-9-21)16-33(15-18-6-10-22(36-2)11-7-18)29(35)26(25)32-27(23)30-14-17/h3-7,10-14,16,21H,8-9,15H2,1-2H3,(H,30,32)(H,31,34). The molecule has 7 heteroatoms. The van der Waals surface area contributed by atoms with Crippen LogP contribution in [0.25, 0.3) is 33.1 Å². The molecule has 0 atom stereocenters. The second-order valence-electron chi connectivity index (χ2n) is 9.44. The number of aromatic nitrogens is 3. The highest BCUT2D eigenvalue weighted by Crippen LogP contribution is 2.33. The number of amides is 1. The monoisotopic (exact) mass is 478 g/mol. The molecule has 0 radical (unpaired) electrons. The van der Waals surface area contributed by atoms with Crippen molar-refractivity contribution in [3.05, 3.63) is 94.0 Å². The lowest BCUT2D eigenvalue weighted by Crippen LogP contribution is -2.25. The van der Waals surface area contributed by atoms with Gasteiger partial charge in [-0.1, -0.05) is 24.3 Å². The lowest BCUT2D eigenvalue weighted by Gasteiger charge is -2.13. The molecule has 5 aromatic rings. The van der Waals surface area contributed by atoms with Crippen LogP contribution in [0.4, 0.5) is 0 Å². The number of nitrogens with one attached hydrogen (secondary N) is 2. The summed E-state index contributed by atoms with van der Waals surface area (Å²) < 4.78 is 6.97. The smallest absolute Gasteiger partial charge is 0.275 e. The third kappa shape index (κ3) is 4.02. The largest absolute Gasteiger partial charge is 0.497 e. The summed E-state index contributed by atoms with van der Waals surface area (Å²) in [4.78, 5) is 34.2. The fourth-order valence-corrected chi connectivity index (χ4v) is 4.63. The highest BCUT2D eigenvalue weighted by Gasteiger charge is 2.24. The van der Waals surface area contributed by atoms with Crippen LogP contribution < -0.4 is 15.6 Å². The molecule has 0 unspecified atom stereocenters. The predicted molar refractivity (Wildman–Crippen MR) is 141 cm³/mol. The van der Waals surface area contributed by atoms with Crippen molar-refractivity contribution in [1.82, 2.24) is 19.9 Å². The summed E-state index contributed by atoms with van der Waals surface area (Å²) in [6.07, 6.45) is 5.74. The van der Waals surface area contributed by atoms with Crippen LogP contribution in [0.15, 0.2) is 71.8 Å². The van der Waals surface area contributed by atoms with Gasteiger partial charge < -0.3 is 19.6 Å². The number of pyridine rings is 2. The Morgan fingerprint density at radius 1 is 1.17 bits per heavy atom. The van der Waals surface area contributed by atoms with E-state index in [0.717, 1.165) is 51.6 Å². The van der Waals surface area contributed by atoms with Gasteiger partial charge in [-0.25, -0.2) is 4.98 Å². The fourth-order valence-electron chi connectivity index (χ4n) is 4.63. The van der Waals surface area contributed by atoms with E-state index in [9.17, 15) is 9.59 Å². The highest BCUT2D eigenvalue weighted by molar-refractivity contribution is 6.13. The van der Waals surface area contributed by atoms with E-state index in [0.29, 0.717) is 23.3 Å². The van der Waals surface area contributed by atoms with Crippen LogP contribution in [0.2, 0.25) is 0 Å². The fraction of sp³-hybridized carbons (Fsp3) is 0.207. The van der Waals surface area contributed by atoms with Crippen LogP contribution in [-0.2, 0) is 6.54 Å². The van der Waals surface area contributed by atoms with Gasteiger partial charge in [0.15, 0.2) is 0 Å². The van der Waals surface area contributed by atoms with Gasteiger partial charge in [0.1, 0.15) is 16.9 Å². The summed E-state index contributed by atoms with van der Waals surface area (Å²) in [5.41, 5.74) is 5.38. The SMILES string of the molecule is COc1ccc(Cn2cc(-c3cccc(C(=O)NC4CC4)c3)c3c([nH]c4ncc(C)cc43)c2=O)cc1. The van der Waals surface area contributed by atoms with Crippen LogP contribution in [0.3, 0.4) is 0 Å². The first-order valence-electron chi connectivity index (χ1n) is 12.1. The number of nitrogens with zero attached hydrogens (tertiary/aromatic N) is 2. The molecule has 6 rings (SSSR count). The van der Waals surface area contributed by atoms with Gasteiger partial charge in [-0.15, -0.1) is 0 Å². The Bertz CT molecular complexity index is 1680. The van der Waals surface area contributed by atoms with Crippen LogP contribution in [0.5, 0.6) is 5.75 Å². The van der Waals surface area contributed by atoms with Crippen LogP contribution in [-0.4, -0.2) is 33.6 Å². The first-order chi connectivity index (χ1) is 17.5. The number of aryl methyl sites for hydroxylation is 1. The molecule has 7 nitrogen and oxygen atoms in total. The number of carbonyl (C=O) groups is 1. The van der Waals surface area contributed by atoms with Gasteiger partial charge in [0.05, 0.1) is 13.7 Å². The van der Waals surface area contributed by atoms with E-state index in [4.69, 9.17) is 4.74 Å². The van der Waals surface area contributed by atoms with Crippen LogP contribution in [0.1, 0.15) is 34.3 Å². The van der Waals surface area contributed by atoms with Gasteiger partial charge in [-0.2, -0.15) is 0 Å². The van der Waals surface area contributed by atoms with E-state index in [1.165, 1.54) is 0 Å². The van der Waals surface area contributed by atoms with Crippen molar-refractivity contribution >= 4 is 27.8 Å². The molecule has 0 spiro atoms. The topological polar surface area (TPSA) is 89.0 Å². The Hall–Kier alpha value is -4.39. The van der Waals surface area contributed by atoms with Crippen molar-refractivity contribution in [3.63, 3.8) is 0 Å². The summed E-state index contributed by atoms with van der Waals surface area (Å²) in [7, 11) is 1.63. The van der Waals surface area contributed by atoms with Crippen LogP contribution in [0, 0.1) is 6.92 Å². The molecule has 3 heterocycles. The molecule has 0 aliphatic heterocycles. The maximum Gasteiger partial charge on any atom is 0.275 e. The normalized spacial score (nSPS) is 13.3. The summed E-state index contributed by atoms with van der Waals surface area (Å²) in [6, 6.07) is 17.6. The summed E-state index contributed by atoms with van der Waals surface area (Å²) >= 11 is 0. The molecule has 1 amide bonds. The average molecular weight is 479 g/mol. The van der Waals surface area contributed by atoms with E-state index >= 15 is 0 Å². The predicted octanol–water partition coefficient (Wildman–Crippen LogP) is 4.80. The molecule has 2 aromatic carbocycles. The number of ether oxygens (including phenoxy) is 1. The summed E-state index contributed by atoms with van der Waals surface area (Å²) in [6.45, 7) is 2.38. The molecule has 36 heavy (non-hydrogen) atoms. The van der Waals surface area contributed by atoms with Crippen molar-refractivity contribution in [1.29, 1.82) is 0 Å². The summed E-state index contributed by atoms with van der Waals surface area (Å²) in [5.74, 6) is 0.694. The number of benzene rings is 2. The van der Waals surface area contributed by atoms with Gasteiger partial charge in [0.25, 0.3) is 11.5 Å². The third-order valence-corrected chi connectivity index (χ3v) is 6.68. The quantitative estimate of drug-likeness (QED) is 0.367. The van der Waals surface area contributed by atoms with Gasteiger partial charge in [0, 0.05) is 40.3 Å². The first kappa shape index (κ1) is 22.1. The number of H-pyrrole nitrogens is 1. The minimum absolute atomic E-state index is 0.0708. The third-order valence-electron chi connectivity index (χ3n) is 6.68. The van der Waals surface area contributed by atoms with Crippen LogP contribution >= 0.6 is 0 Å². The Balaban J connectivity index is 1.54. The number of hydrogen-bond donors (Lipinski definition) is 2. The zero-order valence-electron chi connectivity index (χ0n) is 20.2. The molecule has 180 valence electrons. The number of methoxy groups -OCH3 is 1. The Labute approximate surface area is 207 Å². The van der Waals surface area contributed by atoms with E-state index in [2.05, 4.69) is 15.3 Å². The van der Waals surface area contributed by atoms with Crippen molar-refractivity contribution in [3.8, 4) is 16.9 Å². The highest BCUT2D eigenvalue weighted by atomic mass is 16.5. The molecular formula is C29H26N4O3. The van der Waals surface area contributed by atoms with E-state index in [1.54, 1.807) is 17.9 Å². The number of aromatic amines is 1. The molecule has 1 aliphatic rings. The van der Waals surface area contributed by atoms with Crippen molar-refractivity contribution in [2.24, 2.45) is 0 Å². The molecular weight excluding hydrogens is 452 g/mol. The second-order valence-corrected chi connectivity index (χ2v) is 9.44. The summed E-state index contributed by atoms with van der Waals surface area (Å²) in [5, 5.41) is 4.77. The van der Waals surface area contributed by atoms with Crippen molar-refractivity contribution in [2.45, 2.75) is 32.4 Å². The zero-order valence-corrected chi connectivity index (χ0v) is 20.2. The maximum atomic E-state index is 13.6. The van der Waals surface area contributed by atoms with Gasteiger partial charge in [0.2, 0.25) is 0 Å². The van der Waals surface area contributed by atoms with Crippen molar-refractivity contribution in [2.75, 3.05) is 7.11 Å². The molecule has 1 saturated carbocycles. The van der Waals surface area contributed by atoms with Gasteiger partial charge in [-0.3, -0.25) is 9.59 Å². The second kappa shape index (κ2) is 8.68. The Kier molecular flexibility index (Phi) is 5.33. The van der Waals surface area contributed by atoms with E-state index < -0.39 is 0 Å². The molecule has 3 aromatic heterocycles. The minimum atomic E-state index is -0.122. The van der Waals surface area contributed by atoms with Gasteiger partial charge >= 0.3 is 0 Å². The van der Waals surface area contributed by atoms with Gasteiger partial charge in [-0.05, 0) is 66.8 Å². The zero-order chi connectivity index (χ0) is 24.8. The first-order valence-corrected chi connectivity index (χ1v) is 12.1. The number of hydrogen-bond acceptors (Lipinski definition) is 4. The number of rotatable bonds is 6. The maximum absolute atomic E-state index is 13.6. The Morgan fingerprint density at radius 3 is 2.72 bits per heavy atom. The molecule has 1 aliphatic carbocycles. The minimum Gasteiger partial charge on any atom is -0.497 e.